The summed E-state index contributed by atoms with van der Waals surface area (Å²) in [6.45, 7) is 1.31. The Morgan fingerprint density at radius 1 is 1.07 bits per heavy atom. The van der Waals surface area contributed by atoms with Crippen molar-refractivity contribution in [1.29, 1.82) is 0 Å². The first kappa shape index (κ1) is 20.0. The molecule has 0 aliphatic carbocycles. The lowest BCUT2D eigenvalue weighted by Crippen LogP contribution is -2.30. The second-order valence-corrected chi connectivity index (χ2v) is 8.51. The Bertz CT molecular complexity index is 795. The zero-order valence-electron chi connectivity index (χ0n) is 15.1. The molecule has 3 rings (SSSR count). The molecule has 0 radical (unpaired) electrons. The van der Waals surface area contributed by atoms with E-state index in [-0.39, 0.29) is 11.8 Å². The number of nitrogens with one attached hydrogen (secondary N) is 1. The first-order valence-electron chi connectivity index (χ1n) is 9.17. The first-order valence-corrected chi connectivity index (χ1v) is 10.9. The normalized spacial score (nSPS) is 12.7. The zero-order valence-corrected chi connectivity index (χ0v) is 17.5. The average Bonchev–Trinajstić information content (AvgIpc) is 3.11. The maximum atomic E-state index is 12.4. The average molecular weight is 447 g/mol. The molecule has 1 aliphatic rings. The molecular formula is C21H23BrN2O2S. The third-order valence-corrected chi connectivity index (χ3v) is 6.03. The molecule has 0 aromatic heterocycles. The lowest BCUT2D eigenvalue weighted by molar-refractivity contribution is -0.121. The predicted octanol–water partition coefficient (Wildman–Crippen LogP) is 4.42. The number of anilines is 1. The van der Waals surface area contributed by atoms with Crippen LogP contribution in [0.15, 0.2) is 57.9 Å². The number of para-hydroxylation sites is 1. The van der Waals surface area contributed by atoms with Crippen LogP contribution in [0.2, 0.25) is 0 Å². The van der Waals surface area contributed by atoms with E-state index in [1.54, 1.807) is 11.8 Å². The van der Waals surface area contributed by atoms with E-state index in [1.807, 2.05) is 47.4 Å². The summed E-state index contributed by atoms with van der Waals surface area (Å²) in [4.78, 5) is 27.4. The Labute approximate surface area is 172 Å². The van der Waals surface area contributed by atoms with Crippen molar-refractivity contribution in [2.24, 2.45) is 0 Å². The van der Waals surface area contributed by atoms with Crippen LogP contribution >= 0.6 is 27.7 Å². The number of thioether (sulfide) groups is 1. The van der Waals surface area contributed by atoms with Crippen molar-refractivity contribution >= 4 is 45.2 Å². The van der Waals surface area contributed by atoms with Crippen LogP contribution in [0.1, 0.15) is 24.8 Å². The van der Waals surface area contributed by atoms with Crippen LogP contribution in [0.3, 0.4) is 0 Å². The molecule has 0 bridgehead atoms. The summed E-state index contributed by atoms with van der Waals surface area (Å²) >= 11 is 5.08. The molecule has 0 unspecified atom stereocenters. The number of halogens is 1. The lowest BCUT2D eigenvalue weighted by Gasteiger charge is -2.17. The molecule has 1 heterocycles. The molecule has 0 saturated heterocycles. The smallest absolute Gasteiger partial charge is 0.227 e. The highest BCUT2D eigenvalue weighted by molar-refractivity contribution is 9.10. The Hall–Kier alpha value is -1.79. The van der Waals surface area contributed by atoms with Crippen molar-refractivity contribution in [2.75, 3.05) is 23.7 Å². The monoisotopic (exact) mass is 446 g/mol. The van der Waals surface area contributed by atoms with Crippen molar-refractivity contribution in [2.45, 2.75) is 30.6 Å². The Balaban J connectivity index is 1.30. The molecule has 0 atom stereocenters. The maximum Gasteiger partial charge on any atom is 0.227 e. The topological polar surface area (TPSA) is 49.4 Å². The number of hydrogen-bond acceptors (Lipinski definition) is 3. The first-order chi connectivity index (χ1) is 13.1. The van der Waals surface area contributed by atoms with E-state index in [1.165, 1.54) is 5.56 Å². The molecule has 0 spiro atoms. The van der Waals surface area contributed by atoms with E-state index >= 15 is 0 Å². The summed E-state index contributed by atoms with van der Waals surface area (Å²) in [7, 11) is 0. The summed E-state index contributed by atoms with van der Waals surface area (Å²) < 4.78 is 1.05. The van der Waals surface area contributed by atoms with Gasteiger partial charge in [-0.2, -0.15) is 0 Å². The fourth-order valence-corrected chi connectivity index (χ4v) is 4.20. The number of amides is 2. The molecule has 27 heavy (non-hydrogen) atoms. The van der Waals surface area contributed by atoms with Gasteiger partial charge in [-0.25, -0.2) is 0 Å². The summed E-state index contributed by atoms with van der Waals surface area (Å²) in [6, 6.07) is 16.1. The molecule has 4 nitrogen and oxygen atoms in total. The number of carbonyl (C=O) groups excluding carboxylic acids is 2. The molecule has 2 amide bonds. The van der Waals surface area contributed by atoms with Gasteiger partial charge in [0.2, 0.25) is 11.8 Å². The van der Waals surface area contributed by atoms with Crippen LogP contribution in [0.25, 0.3) is 0 Å². The largest absolute Gasteiger partial charge is 0.356 e. The van der Waals surface area contributed by atoms with Crippen LogP contribution in [0.4, 0.5) is 5.69 Å². The molecule has 6 heteroatoms. The molecule has 142 valence electrons. The number of hydrogen-bond donors (Lipinski definition) is 1. The van der Waals surface area contributed by atoms with Crippen LogP contribution < -0.4 is 10.2 Å². The number of carbonyl (C=O) groups is 2. The maximum absolute atomic E-state index is 12.4. The summed E-state index contributed by atoms with van der Waals surface area (Å²) in [5.41, 5.74) is 2.28. The van der Waals surface area contributed by atoms with Crippen molar-refractivity contribution in [3.8, 4) is 0 Å². The van der Waals surface area contributed by atoms with Gasteiger partial charge in [-0.3, -0.25) is 9.59 Å². The number of benzene rings is 2. The minimum atomic E-state index is 0.0404. The lowest BCUT2D eigenvalue weighted by atomic mass is 10.2. The molecule has 0 saturated carbocycles. The van der Waals surface area contributed by atoms with Crippen LogP contribution in [-0.4, -0.2) is 30.7 Å². The fraction of sp³-hybridized carbons (Fsp3) is 0.333. The van der Waals surface area contributed by atoms with E-state index in [0.717, 1.165) is 33.8 Å². The van der Waals surface area contributed by atoms with Crippen LogP contribution in [0.5, 0.6) is 0 Å². The van der Waals surface area contributed by atoms with Crippen LogP contribution in [-0.2, 0) is 16.0 Å². The Morgan fingerprint density at radius 2 is 1.85 bits per heavy atom. The van der Waals surface area contributed by atoms with Gasteiger partial charge >= 0.3 is 0 Å². The molecular weight excluding hydrogens is 424 g/mol. The number of fused-ring (bicyclic) bond motifs is 1. The van der Waals surface area contributed by atoms with Crippen molar-refractivity contribution in [3.63, 3.8) is 0 Å². The number of nitrogens with zero attached hydrogens (tertiary/aromatic N) is 1. The van der Waals surface area contributed by atoms with Gasteiger partial charge in [0.1, 0.15) is 0 Å². The molecule has 2 aromatic carbocycles. The van der Waals surface area contributed by atoms with E-state index in [9.17, 15) is 9.59 Å². The van der Waals surface area contributed by atoms with Gasteiger partial charge < -0.3 is 10.2 Å². The van der Waals surface area contributed by atoms with Crippen LogP contribution in [0, 0.1) is 0 Å². The highest BCUT2D eigenvalue weighted by Crippen LogP contribution is 2.28. The van der Waals surface area contributed by atoms with Gasteiger partial charge in [0.25, 0.3) is 0 Å². The van der Waals surface area contributed by atoms with Crippen molar-refractivity contribution < 1.29 is 9.59 Å². The van der Waals surface area contributed by atoms with Gasteiger partial charge in [0, 0.05) is 46.7 Å². The Kier molecular flexibility index (Phi) is 7.35. The molecule has 0 fully saturated rings. The summed E-state index contributed by atoms with van der Waals surface area (Å²) in [5.74, 6) is 0.926. The Morgan fingerprint density at radius 3 is 2.67 bits per heavy atom. The van der Waals surface area contributed by atoms with E-state index in [0.29, 0.717) is 25.8 Å². The van der Waals surface area contributed by atoms with Crippen molar-refractivity contribution in [1.82, 2.24) is 5.32 Å². The second-order valence-electron chi connectivity index (χ2n) is 6.43. The van der Waals surface area contributed by atoms with E-state index in [2.05, 4.69) is 27.3 Å². The highest BCUT2D eigenvalue weighted by atomic mass is 79.9. The van der Waals surface area contributed by atoms with E-state index < -0.39 is 0 Å². The van der Waals surface area contributed by atoms with E-state index in [4.69, 9.17) is 0 Å². The zero-order chi connectivity index (χ0) is 19.1. The molecule has 2 aromatic rings. The minimum absolute atomic E-state index is 0.0404. The van der Waals surface area contributed by atoms with Gasteiger partial charge in [-0.1, -0.05) is 34.1 Å². The third-order valence-electron chi connectivity index (χ3n) is 4.49. The molecule has 1 aliphatic heterocycles. The van der Waals surface area contributed by atoms with Gasteiger partial charge in [0.15, 0.2) is 0 Å². The SMILES string of the molecule is O=C(CCSc1ccc(Br)cc1)NCCCC(=O)N1CCc2ccccc21. The summed E-state index contributed by atoms with van der Waals surface area (Å²) in [5, 5.41) is 2.91. The van der Waals surface area contributed by atoms with Gasteiger partial charge in [-0.15, -0.1) is 11.8 Å². The molecule has 1 N–H and O–H groups in total. The van der Waals surface area contributed by atoms with Gasteiger partial charge in [0.05, 0.1) is 0 Å². The summed E-state index contributed by atoms with van der Waals surface area (Å²) in [6.07, 6.45) is 2.54. The predicted molar refractivity (Wildman–Crippen MR) is 114 cm³/mol. The highest BCUT2D eigenvalue weighted by Gasteiger charge is 2.23. The second kappa shape index (κ2) is 9.95. The quantitative estimate of drug-likeness (QED) is 0.482. The standard InChI is InChI=1S/C21H23BrN2O2S/c22-17-7-9-18(10-8-17)27-15-12-20(25)23-13-3-6-21(26)24-14-11-16-4-1-2-5-19(16)24/h1-2,4-5,7-10H,3,6,11-15H2,(H,23,25). The third kappa shape index (κ3) is 5.84. The van der Waals surface area contributed by atoms with Crippen molar-refractivity contribution in [3.05, 3.63) is 58.6 Å². The van der Waals surface area contributed by atoms with Gasteiger partial charge in [-0.05, 0) is 48.7 Å². The number of rotatable bonds is 8. The fourth-order valence-electron chi connectivity index (χ4n) is 3.08. The minimum Gasteiger partial charge on any atom is -0.356 e.